The monoisotopic (exact) mass is 519 g/mol. The Labute approximate surface area is 220 Å². The number of amides is 2. The van der Waals surface area contributed by atoms with Gasteiger partial charge < -0.3 is 24.3 Å². The molecule has 198 valence electrons. The summed E-state index contributed by atoms with van der Waals surface area (Å²) in [5.41, 5.74) is 3.86. The summed E-state index contributed by atoms with van der Waals surface area (Å²) < 4.78 is 21.2. The normalized spacial score (nSPS) is 10.5. The van der Waals surface area contributed by atoms with Gasteiger partial charge in [-0.3, -0.25) is 9.59 Å². The van der Waals surface area contributed by atoms with Crippen molar-refractivity contribution in [3.05, 3.63) is 83.4 Å². The van der Waals surface area contributed by atoms with E-state index in [1.54, 1.807) is 60.7 Å². The number of ether oxygens (including phenoxy) is 4. The number of esters is 1. The number of rotatable bonds is 12. The fourth-order valence-electron chi connectivity index (χ4n) is 3.40. The Morgan fingerprint density at radius 2 is 1.55 bits per heavy atom. The molecule has 0 aliphatic heterocycles. The Bertz CT molecular complexity index is 1270. The zero-order valence-corrected chi connectivity index (χ0v) is 21.4. The molecule has 0 aromatic heterocycles. The van der Waals surface area contributed by atoms with Gasteiger partial charge in [0, 0.05) is 18.5 Å². The summed E-state index contributed by atoms with van der Waals surface area (Å²) in [6.45, 7) is 0.279. The van der Waals surface area contributed by atoms with E-state index in [9.17, 15) is 14.4 Å². The van der Waals surface area contributed by atoms with Gasteiger partial charge in [0.2, 0.25) is 11.7 Å². The van der Waals surface area contributed by atoms with E-state index in [1.807, 2.05) is 6.07 Å². The van der Waals surface area contributed by atoms with Crippen molar-refractivity contribution in [2.75, 3.05) is 27.9 Å². The highest BCUT2D eigenvalue weighted by Gasteiger charge is 2.17. The van der Waals surface area contributed by atoms with Crippen LogP contribution in [0.15, 0.2) is 71.8 Å². The molecule has 0 aliphatic carbocycles. The van der Waals surface area contributed by atoms with Crippen LogP contribution in [-0.2, 0) is 4.79 Å². The van der Waals surface area contributed by atoms with Gasteiger partial charge in [-0.15, -0.1) is 0 Å². The van der Waals surface area contributed by atoms with E-state index < -0.39 is 5.97 Å². The number of benzene rings is 3. The molecule has 2 N–H and O–H groups in total. The largest absolute Gasteiger partial charge is 0.493 e. The summed E-state index contributed by atoms with van der Waals surface area (Å²) in [4.78, 5) is 36.8. The summed E-state index contributed by atoms with van der Waals surface area (Å²) >= 11 is 0. The van der Waals surface area contributed by atoms with Gasteiger partial charge in [0.05, 0.1) is 33.1 Å². The van der Waals surface area contributed by atoms with Gasteiger partial charge in [-0.05, 0) is 48.4 Å². The lowest BCUT2D eigenvalue weighted by Crippen LogP contribution is -2.26. The first-order valence-electron chi connectivity index (χ1n) is 11.7. The van der Waals surface area contributed by atoms with Gasteiger partial charge in [0.1, 0.15) is 5.75 Å². The minimum absolute atomic E-state index is 0.154. The summed E-state index contributed by atoms with van der Waals surface area (Å²) in [6, 6.07) is 18.5. The van der Waals surface area contributed by atoms with E-state index in [-0.39, 0.29) is 24.8 Å². The lowest BCUT2D eigenvalue weighted by atomic mass is 10.1. The highest BCUT2D eigenvalue weighted by atomic mass is 16.5. The number of nitrogens with zero attached hydrogens (tertiary/aromatic N) is 1. The number of nitrogens with one attached hydrogen (secondary N) is 2. The summed E-state index contributed by atoms with van der Waals surface area (Å²) in [5, 5.41) is 6.70. The quantitative estimate of drug-likeness (QED) is 0.123. The standard InChI is InChI=1S/C28H29N3O7/c1-35-23-16-21(17-24(36-2)26(23)37-3)27(33)29-14-8-13-25(32)31-30-18-19-9-7-12-22(15-19)38-28(34)20-10-5-4-6-11-20/h4-7,9-12,15-18H,8,13-14H2,1-3H3,(H,29,33)(H,31,32). The molecule has 0 fully saturated rings. The number of hydrogen-bond acceptors (Lipinski definition) is 8. The van der Waals surface area contributed by atoms with Crippen LogP contribution in [0.2, 0.25) is 0 Å². The molecular formula is C28H29N3O7. The molecule has 3 aromatic rings. The average Bonchev–Trinajstić information content (AvgIpc) is 2.95. The Hall–Kier alpha value is -4.86. The van der Waals surface area contributed by atoms with Crippen LogP contribution in [-0.4, -0.2) is 51.9 Å². The van der Waals surface area contributed by atoms with Crippen LogP contribution in [0.3, 0.4) is 0 Å². The van der Waals surface area contributed by atoms with E-state index >= 15 is 0 Å². The molecule has 0 unspecified atom stereocenters. The maximum absolute atomic E-state index is 12.5. The Kier molecular flexibility index (Phi) is 10.2. The van der Waals surface area contributed by atoms with Crippen molar-refractivity contribution in [2.45, 2.75) is 12.8 Å². The Morgan fingerprint density at radius 1 is 0.842 bits per heavy atom. The predicted molar refractivity (Wildman–Crippen MR) is 141 cm³/mol. The third kappa shape index (κ3) is 7.82. The number of hydrazone groups is 1. The number of methoxy groups -OCH3 is 3. The van der Waals surface area contributed by atoms with E-state index in [0.717, 1.165) is 0 Å². The highest BCUT2D eigenvalue weighted by molar-refractivity contribution is 5.95. The molecule has 0 radical (unpaired) electrons. The van der Waals surface area contributed by atoms with Crippen LogP contribution in [0.5, 0.6) is 23.0 Å². The first kappa shape index (κ1) is 27.7. The van der Waals surface area contributed by atoms with Crippen LogP contribution in [0.1, 0.15) is 39.1 Å². The zero-order valence-electron chi connectivity index (χ0n) is 21.4. The number of hydrogen-bond donors (Lipinski definition) is 2. The van der Waals surface area contributed by atoms with Crippen LogP contribution in [0, 0.1) is 0 Å². The molecule has 0 saturated carbocycles. The summed E-state index contributed by atoms with van der Waals surface area (Å²) in [6.07, 6.45) is 2.01. The lowest BCUT2D eigenvalue weighted by Gasteiger charge is -2.14. The minimum atomic E-state index is -0.467. The minimum Gasteiger partial charge on any atom is -0.493 e. The molecule has 38 heavy (non-hydrogen) atoms. The van der Waals surface area contributed by atoms with Crippen molar-refractivity contribution >= 4 is 24.0 Å². The fourth-order valence-corrected chi connectivity index (χ4v) is 3.40. The molecule has 10 heteroatoms. The SMILES string of the molecule is COc1cc(C(=O)NCCCC(=O)NN=Cc2cccc(OC(=O)c3ccccc3)c2)cc(OC)c1OC. The van der Waals surface area contributed by atoms with Crippen LogP contribution in [0.25, 0.3) is 0 Å². The van der Waals surface area contributed by atoms with Gasteiger partial charge in [-0.25, -0.2) is 10.2 Å². The van der Waals surface area contributed by atoms with Gasteiger partial charge >= 0.3 is 5.97 Å². The van der Waals surface area contributed by atoms with Crippen molar-refractivity contribution in [2.24, 2.45) is 5.10 Å². The molecule has 3 rings (SSSR count). The molecule has 0 bridgehead atoms. The number of carbonyl (C=O) groups excluding carboxylic acids is 3. The second kappa shape index (κ2) is 14.0. The van der Waals surface area contributed by atoms with Crippen molar-refractivity contribution in [1.29, 1.82) is 0 Å². The smallest absolute Gasteiger partial charge is 0.343 e. The molecule has 2 amide bonds. The molecule has 0 saturated heterocycles. The molecular weight excluding hydrogens is 490 g/mol. The van der Waals surface area contributed by atoms with Crippen molar-refractivity contribution in [3.63, 3.8) is 0 Å². The lowest BCUT2D eigenvalue weighted by molar-refractivity contribution is -0.121. The highest BCUT2D eigenvalue weighted by Crippen LogP contribution is 2.38. The summed E-state index contributed by atoms with van der Waals surface area (Å²) in [5.74, 6) is 0.375. The topological polar surface area (TPSA) is 125 Å². The predicted octanol–water partition coefficient (Wildman–Crippen LogP) is 3.59. The second-order valence-electron chi connectivity index (χ2n) is 7.89. The third-order valence-corrected chi connectivity index (χ3v) is 5.27. The van der Waals surface area contributed by atoms with E-state index in [0.29, 0.717) is 46.1 Å². The molecule has 0 spiro atoms. The van der Waals surface area contributed by atoms with Crippen molar-refractivity contribution < 1.29 is 33.3 Å². The van der Waals surface area contributed by atoms with Gasteiger partial charge in [0.25, 0.3) is 5.91 Å². The van der Waals surface area contributed by atoms with E-state index in [1.165, 1.54) is 27.5 Å². The van der Waals surface area contributed by atoms with E-state index in [2.05, 4.69) is 15.8 Å². The van der Waals surface area contributed by atoms with Gasteiger partial charge in [-0.1, -0.05) is 30.3 Å². The fraction of sp³-hybridized carbons (Fsp3) is 0.214. The molecule has 3 aromatic carbocycles. The molecule has 0 atom stereocenters. The maximum atomic E-state index is 12.5. The molecule has 0 heterocycles. The third-order valence-electron chi connectivity index (χ3n) is 5.27. The van der Waals surface area contributed by atoms with Crippen LogP contribution < -0.4 is 29.7 Å². The number of carbonyl (C=O) groups is 3. The molecule has 0 aliphatic rings. The van der Waals surface area contributed by atoms with E-state index in [4.69, 9.17) is 18.9 Å². The van der Waals surface area contributed by atoms with Crippen molar-refractivity contribution in [3.8, 4) is 23.0 Å². The zero-order chi connectivity index (χ0) is 27.3. The average molecular weight is 520 g/mol. The first-order valence-corrected chi connectivity index (χ1v) is 11.7. The summed E-state index contributed by atoms with van der Waals surface area (Å²) in [7, 11) is 4.42. The van der Waals surface area contributed by atoms with Gasteiger partial charge in [0.15, 0.2) is 11.5 Å². The Balaban J connectivity index is 1.43. The first-order chi connectivity index (χ1) is 18.4. The van der Waals surface area contributed by atoms with Crippen LogP contribution in [0.4, 0.5) is 0 Å². The maximum Gasteiger partial charge on any atom is 0.343 e. The second-order valence-corrected chi connectivity index (χ2v) is 7.89. The van der Waals surface area contributed by atoms with Crippen molar-refractivity contribution in [1.82, 2.24) is 10.7 Å². The molecule has 10 nitrogen and oxygen atoms in total. The Morgan fingerprint density at radius 3 is 2.21 bits per heavy atom. The van der Waals surface area contributed by atoms with Crippen LogP contribution >= 0.6 is 0 Å². The van der Waals surface area contributed by atoms with Gasteiger partial charge in [-0.2, -0.15) is 5.10 Å².